The summed E-state index contributed by atoms with van der Waals surface area (Å²) in [5.41, 5.74) is 0. The van der Waals surface area contributed by atoms with Gasteiger partial charge >= 0.3 is 0 Å². The van der Waals surface area contributed by atoms with E-state index in [-0.39, 0.29) is 0 Å². The van der Waals surface area contributed by atoms with E-state index in [1.807, 2.05) is 0 Å². The Morgan fingerprint density at radius 3 is 2.82 bits per heavy atom. The van der Waals surface area contributed by atoms with E-state index in [2.05, 4.69) is 30.4 Å². The highest BCUT2D eigenvalue weighted by Gasteiger charge is 2.21. The van der Waals surface area contributed by atoms with E-state index in [4.69, 9.17) is 0 Å². The van der Waals surface area contributed by atoms with Crippen LogP contribution in [0.5, 0.6) is 0 Å². The van der Waals surface area contributed by atoms with Gasteiger partial charge in [0.25, 0.3) is 0 Å². The lowest BCUT2D eigenvalue weighted by molar-refractivity contribution is 0.706. The van der Waals surface area contributed by atoms with E-state index in [0.717, 1.165) is 5.25 Å². The number of hydrogen-bond acceptors (Lipinski definition) is 2. The molecule has 1 atom stereocenters. The molecule has 0 aromatic rings. The first-order valence-corrected chi connectivity index (χ1v) is 6.83. The predicted molar refractivity (Wildman–Crippen MR) is 57.7 cm³/mol. The van der Waals surface area contributed by atoms with Crippen LogP contribution in [0.1, 0.15) is 32.6 Å². The highest BCUT2D eigenvalue weighted by molar-refractivity contribution is 8.08. The summed E-state index contributed by atoms with van der Waals surface area (Å²) in [6, 6.07) is 0. The molecule has 0 aromatic heterocycles. The molecule has 2 heteroatoms. The van der Waals surface area contributed by atoms with E-state index < -0.39 is 0 Å². The number of thioether (sulfide) groups is 2. The van der Waals surface area contributed by atoms with Crippen molar-refractivity contribution < 1.29 is 0 Å². The van der Waals surface area contributed by atoms with Gasteiger partial charge in [-0.2, -0.15) is 23.5 Å². The van der Waals surface area contributed by atoms with Crippen LogP contribution in [-0.2, 0) is 0 Å². The van der Waals surface area contributed by atoms with Crippen molar-refractivity contribution >= 4 is 23.5 Å². The second kappa shape index (κ2) is 6.24. The minimum absolute atomic E-state index is 1.03. The maximum absolute atomic E-state index is 2.27. The molecular weight excluding hydrogens is 172 g/mol. The van der Waals surface area contributed by atoms with E-state index >= 15 is 0 Å². The summed E-state index contributed by atoms with van der Waals surface area (Å²) in [5, 5.41) is 1.03. The SMILES string of the molecule is CCCCCCSCC1CS1. The highest BCUT2D eigenvalue weighted by atomic mass is 32.2. The summed E-state index contributed by atoms with van der Waals surface area (Å²) in [6.07, 6.45) is 5.68. The fourth-order valence-electron chi connectivity index (χ4n) is 1.01. The largest absolute Gasteiger partial charge is 0.161 e. The van der Waals surface area contributed by atoms with Crippen LogP contribution >= 0.6 is 23.5 Å². The van der Waals surface area contributed by atoms with Gasteiger partial charge in [0.2, 0.25) is 0 Å². The molecule has 1 aliphatic heterocycles. The van der Waals surface area contributed by atoms with Gasteiger partial charge in [0.1, 0.15) is 0 Å². The minimum Gasteiger partial charge on any atom is -0.161 e. The van der Waals surface area contributed by atoms with Gasteiger partial charge < -0.3 is 0 Å². The molecule has 0 N–H and O–H groups in total. The average molecular weight is 190 g/mol. The smallest absolute Gasteiger partial charge is 0.0229 e. The molecule has 1 aliphatic rings. The molecule has 0 aromatic carbocycles. The topological polar surface area (TPSA) is 0 Å². The van der Waals surface area contributed by atoms with Gasteiger partial charge in [0, 0.05) is 16.8 Å². The Hall–Kier alpha value is 0.700. The molecule has 1 unspecified atom stereocenters. The second-order valence-electron chi connectivity index (χ2n) is 3.09. The molecule has 11 heavy (non-hydrogen) atoms. The number of unbranched alkanes of at least 4 members (excludes halogenated alkanes) is 3. The summed E-state index contributed by atoms with van der Waals surface area (Å²) in [4.78, 5) is 0. The van der Waals surface area contributed by atoms with Crippen LogP contribution in [0.25, 0.3) is 0 Å². The molecule has 1 fully saturated rings. The lowest BCUT2D eigenvalue weighted by atomic mass is 10.2. The molecule has 1 rings (SSSR count). The van der Waals surface area contributed by atoms with Crippen LogP contribution < -0.4 is 0 Å². The maximum Gasteiger partial charge on any atom is 0.0229 e. The van der Waals surface area contributed by atoms with Crippen LogP contribution in [0.3, 0.4) is 0 Å². The van der Waals surface area contributed by atoms with Gasteiger partial charge in [-0.3, -0.25) is 0 Å². The zero-order valence-electron chi connectivity index (χ0n) is 7.34. The lowest BCUT2D eigenvalue weighted by Gasteiger charge is -1.98. The number of rotatable bonds is 7. The molecule has 66 valence electrons. The van der Waals surface area contributed by atoms with Crippen LogP contribution in [0.4, 0.5) is 0 Å². The van der Waals surface area contributed by atoms with Crippen LogP contribution in [0.2, 0.25) is 0 Å². The molecule has 0 radical (unpaired) electrons. The molecular formula is C9H18S2. The molecule has 1 saturated heterocycles. The molecule has 0 saturated carbocycles. The van der Waals surface area contributed by atoms with Crippen molar-refractivity contribution in [3.63, 3.8) is 0 Å². The summed E-state index contributed by atoms with van der Waals surface area (Å²) in [7, 11) is 0. The Bertz CT molecular complexity index is 89.6. The fourth-order valence-corrected chi connectivity index (χ4v) is 3.04. The van der Waals surface area contributed by atoms with Gasteiger partial charge in [-0.15, -0.1) is 0 Å². The summed E-state index contributed by atoms with van der Waals surface area (Å²) in [6.45, 7) is 2.27. The normalized spacial score (nSPS) is 22.1. The van der Waals surface area contributed by atoms with Gasteiger partial charge in [-0.25, -0.2) is 0 Å². The van der Waals surface area contributed by atoms with Crippen LogP contribution in [0.15, 0.2) is 0 Å². The van der Waals surface area contributed by atoms with Crippen molar-refractivity contribution in [1.29, 1.82) is 0 Å². The van der Waals surface area contributed by atoms with Gasteiger partial charge in [-0.05, 0) is 12.2 Å². The quantitative estimate of drug-likeness (QED) is 0.446. The Kier molecular flexibility index (Phi) is 5.55. The van der Waals surface area contributed by atoms with Crippen molar-refractivity contribution in [3.05, 3.63) is 0 Å². The van der Waals surface area contributed by atoms with E-state index in [1.54, 1.807) is 0 Å². The van der Waals surface area contributed by atoms with E-state index in [1.165, 1.54) is 42.9 Å². The maximum atomic E-state index is 2.27. The minimum atomic E-state index is 1.03. The first-order valence-electron chi connectivity index (χ1n) is 4.63. The standard InChI is InChI=1S/C9H18S2/c1-2-3-4-5-6-10-7-9-8-11-9/h9H,2-8H2,1H3. The van der Waals surface area contributed by atoms with Crippen molar-refractivity contribution in [1.82, 2.24) is 0 Å². The monoisotopic (exact) mass is 190 g/mol. The van der Waals surface area contributed by atoms with Gasteiger partial charge in [0.05, 0.1) is 0 Å². The lowest BCUT2D eigenvalue weighted by Crippen LogP contribution is -1.89. The zero-order chi connectivity index (χ0) is 7.94. The zero-order valence-corrected chi connectivity index (χ0v) is 8.98. The first kappa shape index (κ1) is 9.79. The van der Waals surface area contributed by atoms with E-state index in [9.17, 15) is 0 Å². The molecule has 0 spiro atoms. The highest BCUT2D eigenvalue weighted by Crippen LogP contribution is 2.33. The number of hydrogen-bond donors (Lipinski definition) is 0. The summed E-state index contributed by atoms with van der Waals surface area (Å²) < 4.78 is 0. The second-order valence-corrected chi connectivity index (χ2v) is 5.57. The Labute approximate surface area is 78.9 Å². The Morgan fingerprint density at radius 2 is 2.18 bits per heavy atom. The molecule has 0 amide bonds. The third-order valence-electron chi connectivity index (χ3n) is 1.85. The van der Waals surface area contributed by atoms with Crippen LogP contribution in [0, 0.1) is 0 Å². The third-order valence-corrected chi connectivity index (χ3v) is 4.25. The van der Waals surface area contributed by atoms with Crippen molar-refractivity contribution in [2.75, 3.05) is 17.3 Å². The van der Waals surface area contributed by atoms with Crippen LogP contribution in [-0.4, -0.2) is 22.5 Å². The van der Waals surface area contributed by atoms with Gasteiger partial charge in [-0.1, -0.05) is 26.2 Å². The molecule has 0 aliphatic carbocycles. The first-order chi connectivity index (χ1) is 5.43. The molecule has 0 bridgehead atoms. The average Bonchev–Trinajstić information content (AvgIpc) is 2.80. The fraction of sp³-hybridized carbons (Fsp3) is 1.00. The Balaban J connectivity index is 1.66. The summed E-state index contributed by atoms with van der Waals surface area (Å²) in [5.74, 6) is 4.25. The summed E-state index contributed by atoms with van der Waals surface area (Å²) >= 11 is 4.27. The molecule has 1 heterocycles. The third kappa shape index (κ3) is 5.92. The Morgan fingerprint density at radius 1 is 1.36 bits per heavy atom. The predicted octanol–water partition coefficient (Wildman–Crippen LogP) is 3.42. The van der Waals surface area contributed by atoms with Crippen molar-refractivity contribution in [2.45, 2.75) is 37.9 Å². The van der Waals surface area contributed by atoms with Crippen molar-refractivity contribution in [2.24, 2.45) is 0 Å². The molecule has 0 nitrogen and oxygen atoms in total. The van der Waals surface area contributed by atoms with E-state index in [0.29, 0.717) is 0 Å². The van der Waals surface area contributed by atoms with Crippen molar-refractivity contribution in [3.8, 4) is 0 Å². The van der Waals surface area contributed by atoms with Gasteiger partial charge in [0.15, 0.2) is 0 Å².